The number of hydrazine groups is 1. The van der Waals surface area contributed by atoms with Gasteiger partial charge in [0.25, 0.3) is 5.91 Å². The van der Waals surface area contributed by atoms with Gasteiger partial charge in [-0.25, -0.2) is 10.7 Å². The van der Waals surface area contributed by atoms with Gasteiger partial charge >= 0.3 is 5.97 Å². The fraction of sp³-hybridized carbons (Fsp3) is 0.636. The summed E-state index contributed by atoms with van der Waals surface area (Å²) < 4.78 is 4.52. The van der Waals surface area contributed by atoms with E-state index in [-0.39, 0.29) is 6.42 Å². The summed E-state index contributed by atoms with van der Waals surface area (Å²) in [4.78, 5) is 28.4. The van der Waals surface area contributed by atoms with Gasteiger partial charge in [0.15, 0.2) is 0 Å². The van der Waals surface area contributed by atoms with Gasteiger partial charge in [-0.15, -0.1) is 11.8 Å². The van der Waals surface area contributed by atoms with Crippen LogP contribution in [0.2, 0.25) is 0 Å². The Hall–Kier alpha value is -1.40. The SMILES string of the molecule is C=CC[C@H](C(=O)OC)C(=O)N(N)OC(C)(C)C. The summed E-state index contributed by atoms with van der Waals surface area (Å²) in [5.41, 5.74) is -0.626. The number of carbonyl (C=O) groups is 2. The van der Waals surface area contributed by atoms with Gasteiger partial charge in [-0.1, -0.05) is 6.08 Å². The second-order valence-electron chi connectivity index (χ2n) is 4.47. The van der Waals surface area contributed by atoms with Crippen molar-refractivity contribution in [2.75, 3.05) is 7.11 Å². The number of nitrogens with zero attached hydrogens (tertiary/aromatic N) is 1. The van der Waals surface area contributed by atoms with Gasteiger partial charge in [0.05, 0.1) is 12.7 Å². The van der Waals surface area contributed by atoms with Crippen molar-refractivity contribution in [1.29, 1.82) is 0 Å². The number of hydrogen-bond acceptors (Lipinski definition) is 5. The zero-order valence-corrected chi connectivity index (χ0v) is 10.7. The molecule has 17 heavy (non-hydrogen) atoms. The second kappa shape index (κ2) is 6.36. The Morgan fingerprint density at radius 1 is 1.47 bits per heavy atom. The number of amides is 1. The largest absolute Gasteiger partial charge is 0.468 e. The zero-order chi connectivity index (χ0) is 13.6. The number of hydroxylamine groups is 1. The average Bonchev–Trinajstić information content (AvgIpc) is 2.21. The number of methoxy groups -OCH3 is 1. The fourth-order valence-electron chi connectivity index (χ4n) is 1.10. The third kappa shape index (κ3) is 5.46. The van der Waals surface area contributed by atoms with Crippen molar-refractivity contribution >= 4 is 11.9 Å². The van der Waals surface area contributed by atoms with Crippen molar-refractivity contribution in [2.24, 2.45) is 11.8 Å². The van der Waals surface area contributed by atoms with Crippen molar-refractivity contribution in [3.05, 3.63) is 12.7 Å². The Morgan fingerprint density at radius 2 is 2.00 bits per heavy atom. The van der Waals surface area contributed by atoms with Crippen LogP contribution in [-0.4, -0.2) is 29.8 Å². The van der Waals surface area contributed by atoms with E-state index in [1.807, 2.05) is 0 Å². The van der Waals surface area contributed by atoms with E-state index < -0.39 is 23.4 Å². The molecule has 0 bridgehead atoms. The third-order valence-corrected chi connectivity index (χ3v) is 1.78. The highest BCUT2D eigenvalue weighted by Crippen LogP contribution is 2.13. The van der Waals surface area contributed by atoms with Crippen LogP contribution >= 0.6 is 0 Å². The summed E-state index contributed by atoms with van der Waals surface area (Å²) >= 11 is 0. The minimum absolute atomic E-state index is 0.146. The molecule has 0 aromatic carbocycles. The van der Waals surface area contributed by atoms with Crippen LogP contribution in [-0.2, 0) is 19.2 Å². The Morgan fingerprint density at radius 3 is 2.35 bits per heavy atom. The first-order valence-electron chi connectivity index (χ1n) is 5.19. The van der Waals surface area contributed by atoms with Gasteiger partial charge in [-0.05, 0) is 27.2 Å². The van der Waals surface area contributed by atoms with Crippen molar-refractivity contribution < 1.29 is 19.2 Å². The third-order valence-electron chi connectivity index (χ3n) is 1.78. The standard InChI is InChI=1S/C11H20N2O4/c1-6-7-8(10(15)16-5)9(14)13(12)17-11(2,3)4/h6,8H,1,7,12H2,2-5H3/t8-/m0/s1. The van der Waals surface area contributed by atoms with Crippen LogP contribution in [0.4, 0.5) is 0 Å². The molecule has 0 aromatic rings. The van der Waals surface area contributed by atoms with Crippen LogP contribution in [0.15, 0.2) is 12.7 Å². The second-order valence-corrected chi connectivity index (χ2v) is 4.47. The Balaban J connectivity index is 4.72. The van der Waals surface area contributed by atoms with Crippen molar-refractivity contribution in [3.8, 4) is 0 Å². The van der Waals surface area contributed by atoms with E-state index in [1.165, 1.54) is 13.2 Å². The van der Waals surface area contributed by atoms with Crippen LogP contribution in [0.25, 0.3) is 0 Å². The Labute approximate surface area is 101 Å². The quantitative estimate of drug-likeness (QED) is 0.193. The monoisotopic (exact) mass is 244 g/mol. The van der Waals surface area contributed by atoms with Gasteiger partial charge in [0.1, 0.15) is 5.92 Å². The topological polar surface area (TPSA) is 81.9 Å². The smallest absolute Gasteiger partial charge is 0.318 e. The Bertz CT molecular complexity index is 296. The molecular formula is C11H20N2O4. The van der Waals surface area contributed by atoms with E-state index in [2.05, 4.69) is 11.3 Å². The van der Waals surface area contributed by atoms with Gasteiger partial charge in [-0.2, -0.15) is 0 Å². The number of hydrogen-bond donors (Lipinski definition) is 1. The first-order chi connectivity index (χ1) is 7.72. The molecule has 0 unspecified atom stereocenters. The fourth-order valence-corrected chi connectivity index (χ4v) is 1.10. The van der Waals surface area contributed by atoms with E-state index in [0.717, 1.165) is 0 Å². The number of carbonyl (C=O) groups excluding carboxylic acids is 2. The van der Waals surface area contributed by atoms with E-state index in [9.17, 15) is 9.59 Å². The number of ether oxygens (including phenoxy) is 1. The Kier molecular flexibility index (Phi) is 5.84. The predicted octanol–water partition coefficient (Wildman–Crippen LogP) is 0.784. The van der Waals surface area contributed by atoms with E-state index in [1.54, 1.807) is 20.8 Å². The molecule has 0 fully saturated rings. The molecule has 0 aliphatic carbocycles. The lowest BCUT2D eigenvalue weighted by Crippen LogP contribution is -2.47. The summed E-state index contributed by atoms with van der Waals surface area (Å²) in [5.74, 6) is 3.10. The number of allylic oxidation sites excluding steroid dienone is 1. The lowest BCUT2D eigenvalue weighted by Gasteiger charge is -2.27. The molecule has 2 N–H and O–H groups in total. The average molecular weight is 244 g/mol. The molecular weight excluding hydrogens is 224 g/mol. The van der Waals surface area contributed by atoms with Gasteiger partial charge < -0.3 is 4.74 Å². The molecule has 0 saturated carbocycles. The minimum Gasteiger partial charge on any atom is -0.468 e. The van der Waals surface area contributed by atoms with Crippen LogP contribution in [0, 0.1) is 5.92 Å². The highest BCUT2D eigenvalue weighted by molar-refractivity contribution is 5.97. The van der Waals surface area contributed by atoms with E-state index in [4.69, 9.17) is 10.7 Å². The summed E-state index contributed by atoms with van der Waals surface area (Å²) in [6, 6.07) is 0. The van der Waals surface area contributed by atoms with Crippen molar-refractivity contribution in [3.63, 3.8) is 0 Å². The molecule has 0 aliphatic heterocycles. The van der Waals surface area contributed by atoms with Crippen molar-refractivity contribution in [2.45, 2.75) is 32.8 Å². The first kappa shape index (κ1) is 15.6. The maximum absolute atomic E-state index is 11.8. The lowest BCUT2D eigenvalue weighted by atomic mass is 10.1. The van der Waals surface area contributed by atoms with Crippen LogP contribution in [0.5, 0.6) is 0 Å². The molecule has 0 aliphatic rings. The van der Waals surface area contributed by atoms with Crippen molar-refractivity contribution in [1.82, 2.24) is 5.17 Å². The van der Waals surface area contributed by atoms with Gasteiger partial charge in [0.2, 0.25) is 0 Å². The molecule has 98 valence electrons. The molecule has 0 spiro atoms. The van der Waals surface area contributed by atoms with Gasteiger partial charge in [0, 0.05) is 0 Å². The van der Waals surface area contributed by atoms with E-state index in [0.29, 0.717) is 5.17 Å². The molecule has 0 aromatic heterocycles. The normalized spacial score (nSPS) is 12.8. The van der Waals surface area contributed by atoms with Gasteiger partial charge in [-0.3, -0.25) is 9.59 Å². The van der Waals surface area contributed by atoms with Crippen LogP contribution < -0.4 is 5.84 Å². The maximum Gasteiger partial charge on any atom is 0.318 e. The highest BCUT2D eigenvalue weighted by atomic mass is 16.7. The lowest BCUT2D eigenvalue weighted by molar-refractivity contribution is -0.233. The summed E-state index contributed by atoms with van der Waals surface area (Å²) in [6.07, 6.45) is 1.59. The number of nitrogens with two attached hydrogens (primary N) is 1. The summed E-state index contributed by atoms with van der Waals surface area (Å²) in [6.45, 7) is 8.68. The molecule has 0 rings (SSSR count). The summed E-state index contributed by atoms with van der Waals surface area (Å²) in [5, 5.41) is 0.574. The first-order valence-corrected chi connectivity index (χ1v) is 5.19. The number of rotatable bonds is 5. The molecule has 0 heterocycles. The zero-order valence-electron chi connectivity index (χ0n) is 10.7. The maximum atomic E-state index is 11.8. The minimum atomic E-state index is -1.02. The van der Waals surface area contributed by atoms with Crippen LogP contribution in [0.3, 0.4) is 0 Å². The van der Waals surface area contributed by atoms with Crippen LogP contribution in [0.1, 0.15) is 27.2 Å². The molecule has 6 nitrogen and oxygen atoms in total. The number of esters is 1. The molecule has 1 amide bonds. The molecule has 6 heteroatoms. The highest BCUT2D eigenvalue weighted by Gasteiger charge is 2.32. The molecule has 0 saturated heterocycles. The molecule has 0 radical (unpaired) electrons. The summed E-state index contributed by atoms with van der Waals surface area (Å²) in [7, 11) is 1.21. The predicted molar refractivity (Wildman–Crippen MR) is 62.2 cm³/mol. The van der Waals surface area contributed by atoms with E-state index >= 15 is 0 Å². The molecule has 1 atom stereocenters.